The average molecular weight is 251 g/mol. The maximum atomic E-state index is 5.62. The third-order valence-electron chi connectivity index (χ3n) is 3.90. The highest BCUT2D eigenvalue weighted by molar-refractivity contribution is 5.16. The van der Waals surface area contributed by atoms with Gasteiger partial charge in [0.2, 0.25) is 0 Å². The Balaban J connectivity index is 1.94. The van der Waals surface area contributed by atoms with Crippen molar-refractivity contribution in [2.75, 3.05) is 33.7 Å². The number of likely N-dealkylation sites (N-methyl/N-ethyl adjacent to an activating group) is 1. The molecule has 1 atom stereocenters. The molecule has 1 aromatic rings. The molecule has 1 fully saturated rings. The summed E-state index contributed by atoms with van der Waals surface area (Å²) >= 11 is 0. The lowest BCUT2D eigenvalue weighted by Crippen LogP contribution is -2.50. The van der Waals surface area contributed by atoms with Crippen molar-refractivity contribution in [1.29, 1.82) is 0 Å². The van der Waals surface area contributed by atoms with E-state index in [0.717, 1.165) is 38.5 Å². The number of hydrogen-bond acceptors (Lipinski definition) is 4. The van der Waals surface area contributed by atoms with Crippen LogP contribution in [0.3, 0.4) is 0 Å². The normalized spacial score (nSPS) is 22.5. The Hall–Kier alpha value is -0.840. The topological polar surface area (TPSA) is 31.7 Å². The molecule has 18 heavy (non-hydrogen) atoms. The minimum Gasteiger partial charge on any atom is -0.468 e. The van der Waals surface area contributed by atoms with E-state index in [4.69, 9.17) is 4.42 Å². The van der Waals surface area contributed by atoms with Crippen molar-refractivity contribution in [2.45, 2.75) is 32.5 Å². The summed E-state index contributed by atoms with van der Waals surface area (Å²) in [7, 11) is 4.20. The van der Waals surface area contributed by atoms with Crippen molar-refractivity contribution < 1.29 is 4.42 Å². The Kier molecular flexibility index (Phi) is 4.80. The van der Waals surface area contributed by atoms with E-state index < -0.39 is 0 Å². The molecule has 0 bridgehead atoms. The molecule has 1 aromatic heterocycles. The van der Waals surface area contributed by atoms with Gasteiger partial charge in [0.15, 0.2) is 0 Å². The van der Waals surface area contributed by atoms with Crippen LogP contribution in [0.4, 0.5) is 0 Å². The highest BCUT2D eigenvalue weighted by Crippen LogP contribution is 2.17. The van der Waals surface area contributed by atoms with Gasteiger partial charge in [-0.25, -0.2) is 0 Å². The molecule has 1 N–H and O–H groups in total. The third-order valence-corrected chi connectivity index (χ3v) is 3.90. The van der Waals surface area contributed by atoms with Crippen LogP contribution < -0.4 is 5.32 Å². The van der Waals surface area contributed by atoms with Crippen LogP contribution in [0.25, 0.3) is 0 Å². The maximum Gasteiger partial charge on any atom is 0.122 e. The van der Waals surface area contributed by atoms with Crippen LogP contribution in [0.1, 0.15) is 24.7 Å². The van der Waals surface area contributed by atoms with Crippen molar-refractivity contribution in [2.24, 2.45) is 0 Å². The zero-order valence-electron chi connectivity index (χ0n) is 11.8. The fourth-order valence-corrected chi connectivity index (χ4v) is 2.65. The Morgan fingerprint density at radius 2 is 2.28 bits per heavy atom. The van der Waals surface area contributed by atoms with Crippen LogP contribution in [0, 0.1) is 0 Å². The van der Waals surface area contributed by atoms with E-state index in [1.807, 2.05) is 7.05 Å². The van der Waals surface area contributed by atoms with Crippen LogP contribution in [-0.4, -0.2) is 49.6 Å². The molecule has 0 amide bonds. The van der Waals surface area contributed by atoms with E-state index in [1.165, 1.54) is 12.0 Å². The van der Waals surface area contributed by atoms with Crippen LogP contribution in [0.5, 0.6) is 0 Å². The second-order valence-corrected chi connectivity index (χ2v) is 5.18. The standard InChI is InChI=1S/C14H25N3O/c1-4-13-10-17(7-6-16(13)3)11-14-12(9-15-2)5-8-18-14/h5,8,13,15H,4,6-7,9-11H2,1-3H3. The molecule has 1 aliphatic heterocycles. The van der Waals surface area contributed by atoms with Crippen molar-refractivity contribution in [3.8, 4) is 0 Å². The lowest BCUT2D eigenvalue weighted by molar-refractivity contribution is 0.0833. The molecule has 1 unspecified atom stereocenters. The van der Waals surface area contributed by atoms with Gasteiger partial charge in [-0.05, 0) is 26.6 Å². The lowest BCUT2D eigenvalue weighted by Gasteiger charge is -2.38. The Morgan fingerprint density at radius 1 is 1.44 bits per heavy atom. The third kappa shape index (κ3) is 3.13. The van der Waals surface area contributed by atoms with E-state index in [1.54, 1.807) is 6.26 Å². The van der Waals surface area contributed by atoms with Gasteiger partial charge >= 0.3 is 0 Å². The second kappa shape index (κ2) is 6.36. The number of nitrogens with zero attached hydrogens (tertiary/aromatic N) is 2. The molecule has 102 valence electrons. The Labute approximate surface area is 110 Å². The first-order valence-corrected chi connectivity index (χ1v) is 6.87. The van der Waals surface area contributed by atoms with Crippen LogP contribution >= 0.6 is 0 Å². The molecule has 2 heterocycles. The van der Waals surface area contributed by atoms with Crippen LogP contribution in [0.15, 0.2) is 16.7 Å². The second-order valence-electron chi connectivity index (χ2n) is 5.18. The molecule has 0 radical (unpaired) electrons. The Morgan fingerprint density at radius 3 is 3.00 bits per heavy atom. The zero-order valence-corrected chi connectivity index (χ0v) is 11.8. The lowest BCUT2D eigenvalue weighted by atomic mass is 10.1. The summed E-state index contributed by atoms with van der Waals surface area (Å²) in [5.74, 6) is 1.11. The van der Waals surface area contributed by atoms with Crippen molar-refractivity contribution in [3.63, 3.8) is 0 Å². The monoisotopic (exact) mass is 251 g/mol. The van der Waals surface area contributed by atoms with E-state index in [2.05, 4.69) is 35.2 Å². The fraction of sp³-hybridized carbons (Fsp3) is 0.714. The van der Waals surface area contributed by atoms with E-state index >= 15 is 0 Å². The first-order chi connectivity index (χ1) is 8.74. The van der Waals surface area contributed by atoms with E-state index in [0.29, 0.717) is 6.04 Å². The summed E-state index contributed by atoms with van der Waals surface area (Å²) in [5.41, 5.74) is 1.28. The smallest absolute Gasteiger partial charge is 0.122 e. The summed E-state index contributed by atoms with van der Waals surface area (Å²) in [6.45, 7) is 7.52. The molecule has 0 saturated carbocycles. The van der Waals surface area contributed by atoms with Gasteiger partial charge in [-0.1, -0.05) is 6.92 Å². The molecule has 0 spiro atoms. The summed E-state index contributed by atoms with van der Waals surface area (Å²) in [6, 6.07) is 2.75. The molecule has 1 aliphatic rings. The minimum atomic E-state index is 0.682. The highest BCUT2D eigenvalue weighted by atomic mass is 16.3. The fourth-order valence-electron chi connectivity index (χ4n) is 2.65. The van der Waals surface area contributed by atoms with Gasteiger partial charge < -0.3 is 14.6 Å². The van der Waals surface area contributed by atoms with Crippen LogP contribution in [0.2, 0.25) is 0 Å². The van der Waals surface area contributed by atoms with Gasteiger partial charge in [-0.15, -0.1) is 0 Å². The molecule has 0 aromatic carbocycles. The Bertz CT molecular complexity index is 364. The summed E-state index contributed by atoms with van der Waals surface area (Å²) in [4.78, 5) is 4.97. The number of piperazine rings is 1. The van der Waals surface area contributed by atoms with Crippen molar-refractivity contribution >= 4 is 0 Å². The van der Waals surface area contributed by atoms with Crippen molar-refractivity contribution in [3.05, 3.63) is 23.7 Å². The van der Waals surface area contributed by atoms with Crippen molar-refractivity contribution in [1.82, 2.24) is 15.1 Å². The maximum absolute atomic E-state index is 5.62. The first-order valence-electron chi connectivity index (χ1n) is 6.87. The van der Waals surface area contributed by atoms with E-state index in [-0.39, 0.29) is 0 Å². The summed E-state index contributed by atoms with van der Waals surface area (Å²) in [6.07, 6.45) is 3.02. The molecule has 4 nitrogen and oxygen atoms in total. The summed E-state index contributed by atoms with van der Waals surface area (Å²) < 4.78 is 5.62. The van der Waals surface area contributed by atoms with Gasteiger partial charge in [0.25, 0.3) is 0 Å². The molecular formula is C14H25N3O. The average Bonchev–Trinajstić information content (AvgIpc) is 2.80. The predicted octanol–water partition coefficient (Wildman–Crippen LogP) is 1.52. The van der Waals surface area contributed by atoms with Gasteiger partial charge in [-0.3, -0.25) is 4.90 Å². The molecule has 2 rings (SSSR count). The largest absolute Gasteiger partial charge is 0.468 e. The van der Waals surface area contributed by atoms with Gasteiger partial charge in [0.1, 0.15) is 5.76 Å². The van der Waals surface area contributed by atoms with Gasteiger partial charge in [0, 0.05) is 37.8 Å². The SMILES string of the molecule is CCC1CN(Cc2occc2CNC)CCN1C. The summed E-state index contributed by atoms with van der Waals surface area (Å²) in [5, 5.41) is 3.19. The number of rotatable bonds is 5. The molecular weight excluding hydrogens is 226 g/mol. The number of hydrogen-bond donors (Lipinski definition) is 1. The molecule has 1 saturated heterocycles. The van der Waals surface area contributed by atoms with Crippen LogP contribution in [-0.2, 0) is 13.1 Å². The number of nitrogens with one attached hydrogen (secondary N) is 1. The first kappa shape index (κ1) is 13.6. The van der Waals surface area contributed by atoms with Gasteiger partial charge in [0.05, 0.1) is 12.8 Å². The molecule has 0 aliphatic carbocycles. The zero-order chi connectivity index (χ0) is 13.0. The number of furan rings is 1. The predicted molar refractivity (Wildman–Crippen MR) is 73.5 cm³/mol. The van der Waals surface area contributed by atoms with E-state index in [9.17, 15) is 0 Å². The highest BCUT2D eigenvalue weighted by Gasteiger charge is 2.23. The van der Waals surface area contributed by atoms with Gasteiger partial charge in [-0.2, -0.15) is 0 Å². The minimum absolute atomic E-state index is 0.682. The quantitative estimate of drug-likeness (QED) is 0.860. The molecule has 4 heteroatoms.